The molecule has 0 bridgehead atoms. The summed E-state index contributed by atoms with van der Waals surface area (Å²) < 4.78 is 0. The van der Waals surface area contributed by atoms with E-state index in [-0.39, 0.29) is 13.4 Å². The van der Waals surface area contributed by atoms with E-state index in [1.54, 1.807) is 0 Å². The summed E-state index contributed by atoms with van der Waals surface area (Å²) >= 11 is 0. The Balaban J connectivity index is 1.20. The van der Waals surface area contributed by atoms with Crippen LogP contribution in [0, 0.1) is 83.1 Å². The van der Waals surface area contributed by atoms with Crippen LogP contribution in [0.4, 0.5) is 17.1 Å². The summed E-state index contributed by atoms with van der Waals surface area (Å²) in [4.78, 5) is 17.8. The molecule has 4 nitrogen and oxygen atoms in total. The Morgan fingerprint density at radius 3 is 1.01 bits per heavy atom. The fraction of sp³-hybridized carbons (Fsp3) is 0.190. The molecule has 0 atom stereocenters. The highest BCUT2D eigenvalue weighted by molar-refractivity contribution is 7.02. The van der Waals surface area contributed by atoms with Crippen molar-refractivity contribution in [2.24, 2.45) is 0 Å². The minimum Gasteiger partial charge on any atom is -0.313 e. The number of aromatic nitrogens is 3. The number of fused-ring (bicyclic) bond motifs is 4. The van der Waals surface area contributed by atoms with Crippen LogP contribution < -0.4 is 37.7 Å². The molecule has 1 aromatic heterocycles. The Morgan fingerprint density at radius 1 is 0.304 bits per heavy atom. The number of anilines is 3. The van der Waals surface area contributed by atoms with Gasteiger partial charge in [0.1, 0.15) is 0 Å². The lowest BCUT2D eigenvalue weighted by atomic mass is 9.29. The van der Waals surface area contributed by atoms with Crippen molar-refractivity contribution in [3.8, 4) is 45.3 Å². The molecule has 3 heterocycles. The molecule has 336 valence electrons. The van der Waals surface area contributed by atoms with E-state index in [0.29, 0.717) is 17.5 Å². The highest BCUT2D eigenvalue weighted by Crippen LogP contribution is 2.40. The minimum atomic E-state index is 0.0106. The molecule has 0 unspecified atom stereocenters. The molecule has 2 aliphatic rings. The molecule has 0 aliphatic carbocycles. The van der Waals surface area contributed by atoms with Gasteiger partial charge in [0.25, 0.3) is 0 Å². The van der Waals surface area contributed by atoms with Crippen molar-refractivity contribution in [1.82, 2.24) is 15.0 Å². The summed E-state index contributed by atoms with van der Waals surface area (Å²) in [5, 5.41) is 0. The van der Waals surface area contributed by atoms with Gasteiger partial charge in [0.2, 0.25) is 13.4 Å². The lowest BCUT2D eigenvalue weighted by molar-refractivity contribution is 1.07. The van der Waals surface area contributed by atoms with Crippen molar-refractivity contribution < 1.29 is 0 Å². The molecular formula is C63H58B2N4. The van der Waals surface area contributed by atoms with E-state index in [4.69, 9.17) is 15.0 Å². The molecule has 6 heteroatoms. The highest BCUT2D eigenvalue weighted by atomic mass is 15.2. The van der Waals surface area contributed by atoms with Crippen LogP contribution in [0.2, 0.25) is 0 Å². The lowest BCUT2D eigenvalue weighted by Crippen LogP contribution is -2.66. The Morgan fingerprint density at radius 2 is 0.638 bits per heavy atom. The second-order valence-electron chi connectivity index (χ2n) is 20.0. The summed E-state index contributed by atoms with van der Waals surface area (Å²) in [6.07, 6.45) is 0. The molecule has 8 aromatic carbocycles. The van der Waals surface area contributed by atoms with E-state index >= 15 is 0 Å². The summed E-state index contributed by atoms with van der Waals surface area (Å²) in [5.41, 5.74) is 33.7. The van der Waals surface area contributed by atoms with E-state index in [9.17, 15) is 0 Å². The molecule has 0 amide bonds. The number of benzene rings is 8. The summed E-state index contributed by atoms with van der Waals surface area (Å²) in [5.74, 6) is 1.96. The predicted molar refractivity (Wildman–Crippen MR) is 295 cm³/mol. The average molecular weight is 893 g/mol. The Kier molecular flexibility index (Phi) is 10.7. The second kappa shape index (κ2) is 16.7. The van der Waals surface area contributed by atoms with Crippen LogP contribution in [-0.4, -0.2) is 28.4 Å². The Bertz CT molecular complexity index is 3310. The first-order chi connectivity index (χ1) is 33.2. The van der Waals surface area contributed by atoms with E-state index in [1.165, 1.54) is 122 Å². The zero-order valence-electron chi connectivity index (χ0n) is 42.1. The van der Waals surface area contributed by atoms with Crippen LogP contribution in [0.15, 0.2) is 133 Å². The zero-order chi connectivity index (χ0) is 48.2. The molecular weight excluding hydrogens is 834 g/mol. The summed E-state index contributed by atoms with van der Waals surface area (Å²) in [7, 11) is 0. The van der Waals surface area contributed by atoms with Gasteiger partial charge in [-0.2, -0.15) is 0 Å². The number of hydrogen-bond donors (Lipinski definition) is 0. The first kappa shape index (κ1) is 44.2. The van der Waals surface area contributed by atoms with Crippen LogP contribution in [0.25, 0.3) is 45.3 Å². The molecule has 0 saturated heterocycles. The van der Waals surface area contributed by atoms with Gasteiger partial charge in [-0.3, -0.25) is 0 Å². The van der Waals surface area contributed by atoms with Crippen LogP contribution in [0.5, 0.6) is 0 Å². The van der Waals surface area contributed by atoms with Crippen molar-refractivity contribution in [1.29, 1.82) is 0 Å². The second-order valence-corrected chi connectivity index (χ2v) is 20.0. The average Bonchev–Trinajstić information content (AvgIpc) is 3.37. The minimum absolute atomic E-state index is 0.0106. The van der Waals surface area contributed by atoms with E-state index in [0.717, 1.165) is 22.3 Å². The van der Waals surface area contributed by atoms with Gasteiger partial charge in [-0.05, 0) is 162 Å². The number of aryl methyl sites for hydroxylation is 2. The molecule has 0 spiro atoms. The molecule has 0 fully saturated rings. The molecule has 69 heavy (non-hydrogen) atoms. The van der Waals surface area contributed by atoms with Crippen LogP contribution in [0.1, 0.15) is 66.8 Å². The van der Waals surface area contributed by atoms with Gasteiger partial charge in [-0.15, -0.1) is 0 Å². The van der Waals surface area contributed by atoms with Gasteiger partial charge in [0.15, 0.2) is 17.5 Å². The van der Waals surface area contributed by atoms with Gasteiger partial charge in [0, 0.05) is 33.8 Å². The van der Waals surface area contributed by atoms with Gasteiger partial charge in [0.05, 0.1) is 0 Å². The summed E-state index contributed by atoms with van der Waals surface area (Å²) in [6, 6.07) is 48.7. The van der Waals surface area contributed by atoms with Gasteiger partial charge >= 0.3 is 0 Å². The maximum Gasteiger partial charge on any atom is 0.247 e. The lowest BCUT2D eigenvalue weighted by Gasteiger charge is -2.45. The molecule has 2 aliphatic heterocycles. The zero-order valence-corrected chi connectivity index (χ0v) is 42.1. The van der Waals surface area contributed by atoms with Crippen LogP contribution in [-0.2, 0) is 0 Å². The fourth-order valence-corrected chi connectivity index (χ4v) is 11.8. The Labute approximate surface area is 409 Å². The van der Waals surface area contributed by atoms with Crippen molar-refractivity contribution in [2.75, 3.05) is 4.90 Å². The normalized spacial score (nSPS) is 12.6. The molecule has 0 saturated carbocycles. The van der Waals surface area contributed by atoms with Gasteiger partial charge < -0.3 is 4.90 Å². The monoisotopic (exact) mass is 892 g/mol. The first-order valence-electron chi connectivity index (χ1n) is 24.5. The van der Waals surface area contributed by atoms with E-state index in [1.807, 2.05) is 36.4 Å². The van der Waals surface area contributed by atoms with Crippen LogP contribution >= 0.6 is 0 Å². The largest absolute Gasteiger partial charge is 0.313 e. The third-order valence-electron chi connectivity index (χ3n) is 16.4. The van der Waals surface area contributed by atoms with Crippen LogP contribution in [0.3, 0.4) is 0 Å². The third kappa shape index (κ3) is 7.01. The predicted octanol–water partition coefficient (Wildman–Crippen LogP) is 11.4. The van der Waals surface area contributed by atoms with Gasteiger partial charge in [-0.25, -0.2) is 15.0 Å². The van der Waals surface area contributed by atoms with Crippen molar-refractivity contribution in [2.45, 2.75) is 83.1 Å². The maximum atomic E-state index is 5.09. The van der Waals surface area contributed by atoms with Crippen molar-refractivity contribution in [3.63, 3.8) is 0 Å². The van der Waals surface area contributed by atoms with Gasteiger partial charge in [-0.1, -0.05) is 166 Å². The third-order valence-corrected chi connectivity index (χ3v) is 16.4. The summed E-state index contributed by atoms with van der Waals surface area (Å²) in [6.45, 7) is 27.8. The topological polar surface area (TPSA) is 41.9 Å². The number of rotatable bonds is 6. The Hall–Kier alpha value is -7.30. The molecule has 11 rings (SSSR count). The highest BCUT2D eigenvalue weighted by Gasteiger charge is 2.45. The van der Waals surface area contributed by atoms with E-state index < -0.39 is 0 Å². The van der Waals surface area contributed by atoms with Crippen molar-refractivity contribution >= 4 is 63.3 Å². The molecule has 9 aromatic rings. The SMILES string of the molecule is Cc1ccc2c(c1)B(c1c(C)c(C)c(C)c(C)c1C)c1cc(-c3ccc(-c4nc(-c5ccccc5)nc(-c5ccccc5)n4)cc3)cc3c1N2c1ccc(C)cc1B3c1c(C)c(C)c(C)c(C)c1C. The quantitative estimate of drug-likeness (QED) is 0.156. The first-order valence-corrected chi connectivity index (χ1v) is 24.5. The smallest absolute Gasteiger partial charge is 0.247 e. The van der Waals surface area contributed by atoms with E-state index in [2.05, 4.69) is 185 Å². The molecule has 0 radical (unpaired) electrons. The number of hydrogen-bond acceptors (Lipinski definition) is 4. The standard InChI is InChI=1S/C63H58B2N4/c1-35-23-29-56-52(31-35)64(58-43(9)39(5)37(3)40(6)44(58)10)54-33-51(34-55-60(54)69(56)57-30-24-36(2)32-53(57)65(55)59-45(11)41(7)38(4)42(8)46(59)12)47-25-27-50(28-26-47)63-67-61(48-19-15-13-16-20-48)66-62(68-63)49-21-17-14-18-22-49/h13-34H,1-12H3. The fourth-order valence-electron chi connectivity index (χ4n) is 11.8. The van der Waals surface area contributed by atoms with Crippen molar-refractivity contribution in [3.05, 3.63) is 200 Å². The maximum absolute atomic E-state index is 5.09. The number of nitrogens with zero attached hydrogens (tertiary/aromatic N) is 4. The molecule has 0 N–H and O–H groups in total.